The Kier molecular flexibility index (Phi) is 6.49. The van der Waals surface area contributed by atoms with Crippen molar-refractivity contribution in [1.82, 2.24) is 10.2 Å². The Bertz CT molecular complexity index is 771. The standard InChI is InChI=1S/C21H27F2N3O3/c1-13(2)9-19(27)25-6-3-16(4-7-25)24-20(28)18-5-8-26(21(18)29)17-11-14(22)10-15(23)12-17/h10-13,16,18H,3-9H2,1-2H3,(H,24,28). The quantitative estimate of drug-likeness (QED) is 0.763. The zero-order valence-electron chi connectivity index (χ0n) is 16.8. The van der Waals surface area contributed by atoms with E-state index in [2.05, 4.69) is 5.32 Å². The van der Waals surface area contributed by atoms with E-state index in [9.17, 15) is 23.2 Å². The van der Waals surface area contributed by atoms with Crippen LogP contribution in [0.1, 0.15) is 39.5 Å². The van der Waals surface area contributed by atoms with Gasteiger partial charge in [-0.05, 0) is 37.3 Å². The minimum absolute atomic E-state index is 0.0842. The van der Waals surface area contributed by atoms with Gasteiger partial charge in [-0.2, -0.15) is 0 Å². The van der Waals surface area contributed by atoms with Crippen molar-refractivity contribution in [3.63, 3.8) is 0 Å². The molecule has 158 valence electrons. The monoisotopic (exact) mass is 407 g/mol. The summed E-state index contributed by atoms with van der Waals surface area (Å²) >= 11 is 0. The van der Waals surface area contributed by atoms with E-state index in [1.54, 1.807) is 0 Å². The third-order valence-electron chi connectivity index (χ3n) is 5.46. The number of carbonyl (C=O) groups is 3. The van der Waals surface area contributed by atoms with Gasteiger partial charge >= 0.3 is 0 Å². The molecule has 2 heterocycles. The average Bonchev–Trinajstić information content (AvgIpc) is 3.02. The fraction of sp³-hybridized carbons (Fsp3) is 0.571. The molecule has 0 radical (unpaired) electrons. The lowest BCUT2D eigenvalue weighted by Gasteiger charge is -2.33. The van der Waals surface area contributed by atoms with Gasteiger partial charge in [0.05, 0.1) is 0 Å². The van der Waals surface area contributed by atoms with Crippen molar-refractivity contribution in [3.05, 3.63) is 29.8 Å². The summed E-state index contributed by atoms with van der Waals surface area (Å²) in [5.74, 6) is -2.75. The summed E-state index contributed by atoms with van der Waals surface area (Å²) in [4.78, 5) is 40.5. The Morgan fingerprint density at radius 2 is 1.69 bits per heavy atom. The SMILES string of the molecule is CC(C)CC(=O)N1CCC(NC(=O)C2CCN(c3cc(F)cc(F)c3)C2=O)CC1. The number of halogens is 2. The van der Waals surface area contributed by atoms with Gasteiger partial charge in [-0.3, -0.25) is 14.4 Å². The van der Waals surface area contributed by atoms with Gasteiger partial charge in [0.1, 0.15) is 17.6 Å². The van der Waals surface area contributed by atoms with Crippen LogP contribution in [0.5, 0.6) is 0 Å². The Morgan fingerprint density at radius 3 is 2.28 bits per heavy atom. The van der Waals surface area contributed by atoms with E-state index in [1.807, 2.05) is 18.7 Å². The molecule has 0 aromatic heterocycles. The van der Waals surface area contributed by atoms with E-state index in [0.29, 0.717) is 44.7 Å². The van der Waals surface area contributed by atoms with Crippen LogP contribution in [-0.2, 0) is 14.4 Å². The second-order valence-electron chi connectivity index (χ2n) is 8.22. The molecular formula is C21H27F2N3O3. The number of hydrogen-bond acceptors (Lipinski definition) is 3. The number of nitrogens with zero attached hydrogens (tertiary/aromatic N) is 2. The van der Waals surface area contributed by atoms with Crippen LogP contribution in [0.4, 0.5) is 14.5 Å². The van der Waals surface area contributed by atoms with E-state index in [-0.39, 0.29) is 30.1 Å². The summed E-state index contributed by atoms with van der Waals surface area (Å²) in [6.07, 6.45) is 2.11. The molecule has 3 rings (SSSR count). The topological polar surface area (TPSA) is 69.7 Å². The third-order valence-corrected chi connectivity index (χ3v) is 5.46. The first-order valence-electron chi connectivity index (χ1n) is 10.1. The highest BCUT2D eigenvalue weighted by atomic mass is 19.1. The Morgan fingerprint density at radius 1 is 1.07 bits per heavy atom. The molecule has 29 heavy (non-hydrogen) atoms. The predicted molar refractivity (Wildman–Crippen MR) is 104 cm³/mol. The molecule has 2 aliphatic heterocycles. The smallest absolute Gasteiger partial charge is 0.239 e. The number of anilines is 1. The van der Waals surface area contributed by atoms with Gasteiger partial charge in [0.2, 0.25) is 17.7 Å². The van der Waals surface area contributed by atoms with E-state index >= 15 is 0 Å². The van der Waals surface area contributed by atoms with Crippen LogP contribution in [0.2, 0.25) is 0 Å². The highest BCUT2D eigenvalue weighted by molar-refractivity contribution is 6.09. The molecule has 0 spiro atoms. The van der Waals surface area contributed by atoms with Crippen molar-refractivity contribution in [2.75, 3.05) is 24.5 Å². The summed E-state index contributed by atoms with van der Waals surface area (Å²) in [6, 6.07) is 2.84. The summed E-state index contributed by atoms with van der Waals surface area (Å²) in [5.41, 5.74) is 0.125. The van der Waals surface area contributed by atoms with E-state index < -0.39 is 23.5 Å². The second-order valence-corrected chi connectivity index (χ2v) is 8.22. The van der Waals surface area contributed by atoms with Gasteiger partial charge in [-0.1, -0.05) is 13.8 Å². The van der Waals surface area contributed by atoms with Crippen LogP contribution in [0, 0.1) is 23.5 Å². The van der Waals surface area contributed by atoms with Gasteiger partial charge in [-0.25, -0.2) is 8.78 Å². The molecule has 0 aliphatic carbocycles. The lowest BCUT2D eigenvalue weighted by molar-refractivity contribution is -0.133. The molecule has 0 bridgehead atoms. The molecule has 1 unspecified atom stereocenters. The zero-order chi connectivity index (χ0) is 21.1. The van der Waals surface area contributed by atoms with Crippen molar-refractivity contribution in [3.8, 4) is 0 Å². The van der Waals surface area contributed by atoms with Crippen LogP contribution in [-0.4, -0.2) is 48.3 Å². The molecule has 1 aromatic rings. The highest BCUT2D eigenvalue weighted by Crippen LogP contribution is 2.27. The number of likely N-dealkylation sites (tertiary alicyclic amines) is 1. The van der Waals surface area contributed by atoms with E-state index in [1.165, 1.54) is 4.90 Å². The molecule has 1 atom stereocenters. The molecular weight excluding hydrogens is 380 g/mol. The summed E-state index contributed by atoms with van der Waals surface area (Å²) in [6.45, 7) is 5.42. The number of benzene rings is 1. The predicted octanol–water partition coefficient (Wildman–Crippen LogP) is 2.47. The van der Waals surface area contributed by atoms with Crippen molar-refractivity contribution in [2.45, 2.75) is 45.6 Å². The molecule has 2 aliphatic rings. The fourth-order valence-electron chi connectivity index (χ4n) is 3.93. The molecule has 1 N–H and O–H groups in total. The normalized spacial score (nSPS) is 20.4. The summed E-state index contributed by atoms with van der Waals surface area (Å²) in [5, 5.41) is 2.91. The van der Waals surface area contributed by atoms with Gasteiger partial charge < -0.3 is 15.1 Å². The van der Waals surface area contributed by atoms with Gasteiger partial charge in [-0.15, -0.1) is 0 Å². The molecule has 8 heteroatoms. The molecule has 6 nitrogen and oxygen atoms in total. The Hall–Kier alpha value is -2.51. The van der Waals surface area contributed by atoms with Crippen LogP contribution in [0.3, 0.4) is 0 Å². The lowest BCUT2D eigenvalue weighted by Crippen LogP contribution is -2.48. The van der Waals surface area contributed by atoms with E-state index in [0.717, 1.165) is 18.2 Å². The van der Waals surface area contributed by atoms with Crippen molar-refractivity contribution in [1.29, 1.82) is 0 Å². The first-order chi connectivity index (χ1) is 13.7. The number of piperidine rings is 1. The van der Waals surface area contributed by atoms with Crippen LogP contribution in [0.15, 0.2) is 18.2 Å². The van der Waals surface area contributed by atoms with Crippen LogP contribution in [0.25, 0.3) is 0 Å². The fourth-order valence-corrected chi connectivity index (χ4v) is 3.93. The van der Waals surface area contributed by atoms with E-state index in [4.69, 9.17) is 0 Å². The van der Waals surface area contributed by atoms with Crippen LogP contribution < -0.4 is 10.2 Å². The molecule has 2 fully saturated rings. The Balaban J connectivity index is 1.53. The maximum Gasteiger partial charge on any atom is 0.239 e. The number of carbonyl (C=O) groups excluding carboxylic acids is 3. The van der Waals surface area contributed by atoms with Crippen LogP contribution >= 0.6 is 0 Å². The summed E-state index contributed by atoms with van der Waals surface area (Å²) < 4.78 is 26.9. The molecule has 3 amide bonds. The first-order valence-corrected chi connectivity index (χ1v) is 10.1. The lowest BCUT2D eigenvalue weighted by atomic mass is 10.0. The molecule has 0 saturated carbocycles. The van der Waals surface area contributed by atoms with Crippen molar-refractivity contribution < 1.29 is 23.2 Å². The van der Waals surface area contributed by atoms with Crippen molar-refractivity contribution in [2.24, 2.45) is 11.8 Å². The number of hydrogen-bond donors (Lipinski definition) is 1. The average molecular weight is 407 g/mol. The number of rotatable bonds is 5. The van der Waals surface area contributed by atoms with Gasteiger partial charge in [0.15, 0.2) is 0 Å². The maximum atomic E-state index is 13.4. The highest BCUT2D eigenvalue weighted by Gasteiger charge is 2.39. The largest absolute Gasteiger partial charge is 0.353 e. The number of nitrogens with one attached hydrogen (secondary N) is 1. The zero-order valence-corrected chi connectivity index (χ0v) is 16.8. The number of amides is 3. The molecule has 2 saturated heterocycles. The minimum atomic E-state index is -0.859. The Labute approximate surface area is 169 Å². The third kappa shape index (κ3) is 5.10. The molecule has 1 aromatic carbocycles. The van der Waals surface area contributed by atoms with Crippen molar-refractivity contribution >= 4 is 23.4 Å². The van der Waals surface area contributed by atoms with Gasteiger partial charge in [0, 0.05) is 43.9 Å². The maximum absolute atomic E-state index is 13.4. The second kappa shape index (κ2) is 8.88. The van der Waals surface area contributed by atoms with Gasteiger partial charge in [0.25, 0.3) is 0 Å². The summed E-state index contributed by atoms with van der Waals surface area (Å²) in [7, 11) is 0. The minimum Gasteiger partial charge on any atom is -0.353 e. The first kappa shape index (κ1) is 21.2.